The minimum atomic E-state index is -0.268. The first-order chi connectivity index (χ1) is 11.1. The van der Waals surface area contributed by atoms with Gasteiger partial charge >= 0.3 is 0 Å². The summed E-state index contributed by atoms with van der Waals surface area (Å²) in [6, 6.07) is 14.0. The molecule has 23 heavy (non-hydrogen) atoms. The number of nitrogens with zero attached hydrogens (tertiary/aromatic N) is 1. The van der Waals surface area contributed by atoms with Crippen LogP contribution in [0.15, 0.2) is 48.5 Å². The monoisotopic (exact) mass is 333 g/mol. The van der Waals surface area contributed by atoms with Gasteiger partial charge in [-0.25, -0.2) is 4.39 Å². The Hall–Kier alpha value is -2.34. The van der Waals surface area contributed by atoms with E-state index in [-0.39, 0.29) is 5.82 Å². The van der Waals surface area contributed by atoms with Gasteiger partial charge in [0, 0.05) is 31.5 Å². The van der Waals surface area contributed by atoms with Crippen molar-refractivity contribution in [1.82, 2.24) is 5.32 Å². The van der Waals surface area contributed by atoms with Crippen molar-refractivity contribution in [3.8, 4) is 5.75 Å². The standard InChI is InChI=1S/C17H20FN3OS/c1-21(15-7-9-16(22-2)10-8-15)12-11-19-17(23)20-14-5-3-13(18)4-6-14/h3-10H,11-12H2,1-2H3,(H2,19,20,23). The quantitative estimate of drug-likeness (QED) is 0.794. The van der Waals surface area contributed by atoms with Crippen molar-refractivity contribution in [3.63, 3.8) is 0 Å². The molecule has 2 aromatic rings. The van der Waals surface area contributed by atoms with E-state index in [1.54, 1.807) is 19.2 Å². The van der Waals surface area contributed by atoms with Crippen LogP contribution in [0.1, 0.15) is 0 Å². The first-order valence-electron chi connectivity index (χ1n) is 7.24. The van der Waals surface area contributed by atoms with Gasteiger partial charge in [0.05, 0.1) is 7.11 Å². The Kier molecular flexibility index (Phi) is 6.17. The third kappa shape index (κ3) is 5.41. The minimum Gasteiger partial charge on any atom is -0.497 e. The van der Waals surface area contributed by atoms with Crippen LogP contribution in [0.4, 0.5) is 15.8 Å². The summed E-state index contributed by atoms with van der Waals surface area (Å²) in [5.41, 5.74) is 1.86. The van der Waals surface area contributed by atoms with E-state index in [0.717, 1.165) is 23.7 Å². The van der Waals surface area contributed by atoms with Crippen LogP contribution in [0, 0.1) is 5.82 Å². The van der Waals surface area contributed by atoms with Crippen LogP contribution in [0.2, 0.25) is 0 Å². The molecule has 0 atom stereocenters. The van der Waals surface area contributed by atoms with Gasteiger partial charge in [-0.15, -0.1) is 0 Å². The van der Waals surface area contributed by atoms with E-state index >= 15 is 0 Å². The molecule has 2 N–H and O–H groups in total. The van der Waals surface area contributed by atoms with Crippen LogP contribution in [-0.4, -0.2) is 32.4 Å². The van der Waals surface area contributed by atoms with E-state index in [2.05, 4.69) is 15.5 Å². The van der Waals surface area contributed by atoms with Crippen LogP contribution in [0.3, 0.4) is 0 Å². The average molecular weight is 333 g/mol. The maximum atomic E-state index is 12.8. The van der Waals surface area contributed by atoms with Crippen LogP contribution >= 0.6 is 12.2 Å². The van der Waals surface area contributed by atoms with Crippen molar-refractivity contribution < 1.29 is 9.13 Å². The number of hydrogen-bond acceptors (Lipinski definition) is 3. The Morgan fingerprint density at radius 3 is 2.39 bits per heavy atom. The lowest BCUT2D eigenvalue weighted by Crippen LogP contribution is -2.35. The molecule has 0 unspecified atom stereocenters. The lowest BCUT2D eigenvalue weighted by molar-refractivity contribution is 0.415. The summed E-state index contributed by atoms with van der Waals surface area (Å²) < 4.78 is 18.0. The molecule has 122 valence electrons. The highest BCUT2D eigenvalue weighted by molar-refractivity contribution is 7.80. The van der Waals surface area contributed by atoms with E-state index in [4.69, 9.17) is 17.0 Å². The molecule has 4 nitrogen and oxygen atoms in total. The smallest absolute Gasteiger partial charge is 0.170 e. The fraction of sp³-hybridized carbons (Fsp3) is 0.235. The van der Waals surface area contributed by atoms with Crippen molar-refractivity contribution in [1.29, 1.82) is 0 Å². The van der Waals surface area contributed by atoms with Gasteiger partial charge in [-0.05, 0) is 60.7 Å². The Morgan fingerprint density at radius 1 is 1.13 bits per heavy atom. The second kappa shape index (κ2) is 8.33. The fourth-order valence-electron chi connectivity index (χ4n) is 2.01. The predicted molar refractivity (Wildman–Crippen MR) is 96.9 cm³/mol. The van der Waals surface area contributed by atoms with Crippen LogP contribution in [0.5, 0.6) is 5.75 Å². The number of rotatable bonds is 6. The lowest BCUT2D eigenvalue weighted by atomic mass is 10.3. The summed E-state index contributed by atoms with van der Waals surface area (Å²) in [7, 11) is 3.66. The van der Waals surface area contributed by atoms with E-state index in [1.807, 2.05) is 31.3 Å². The molecular formula is C17H20FN3OS. The topological polar surface area (TPSA) is 36.5 Å². The second-order valence-corrected chi connectivity index (χ2v) is 5.42. The summed E-state index contributed by atoms with van der Waals surface area (Å²) in [5, 5.41) is 6.66. The Labute approximate surface area is 141 Å². The number of hydrogen-bond donors (Lipinski definition) is 2. The van der Waals surface area contributed by atoms with Crippen molar-refractivity contribution in [3.05, 3.63) is 54.3 Å². The number of nitrogens with one attached hydrogen (secondary N) is 2. The molecule has 0 amide bonds. The lowest BCUT2D eigenvalue weighted by Gasteiger charge is -2.20. The Balaban J connectivity index is 1.74. The molecule has 0 aliphatic rings. The Morgan fingerprint density at radius 2 is 1.78 bits per heavy atom. The largest absolute Gasteiger partial charge is 0.497 e. The number of likely N-dealkylation sites (N-methyl/N-ethyl adjacent to an activating group) is 1. The van der Waals surface area contributed by atoms with Crippen molar-refractivity contribution in [2.24, 2.45) is 0 Å². The molecule has 0 saturated heterocycles. The molecule has 2 aromatic carbocycles. The second-order valence-electron chi connectivity index (χ2n) is 5.01. The van der Waals surface area contributed by atoms with Crippen LogP contribution in [-0.2, 0) is 0 Å². The van der Waals surface area contributed by atoms with E-state index in [1.165, 1.54) is 12.1 Å². The van der Waals surface area contributed by atoms with Crippen molar-refractivity contribution >= 4 is 28.7 Å². The van der Waals surface area contributed by atoms with Gasteiger partial charge in [0.1, 0.15) is 11.6 Å². The molecule has 2 rings (SSSR count). The van der Waals surface area contributed by atoms with Gasteiger partial charge in [0.25, 0.3) is 0 Å². The first kappa shape index (κ1) is 17.0. The number of benzene rings is 2. The normalized spacial score (nSPS) is 10.0. The third-order valence-corrected chi connectivity index (χ3v) is 3.59. The molecule has 0 spiro atoms. The molecule has 0 aliphatic heterocycles. The fourth-order valence-corrected chi connectivity index (χ4v) is 2.23. The highest BCUT2D eigenvalue weighted by Crippen LogP contribution is 2.17. The summed E-state index contributed by atoms with van der Waals surface area (Å²) in [6.07, 6.45) is 0. The van der Waals surface area contributed by atoms with E-state index in [9.17, 15) is 4.39 Å². The first-order valence-corrected chi connectivity index (χ1v) is 7.65. The maximum Gasteiger partial charge on any atom is 0.170 e. The van der Waals surface area contributed by atoms with Crippen molar-refractivity contribution in [2.75, 3.05) is 37.5 Å². The summed E-state index contributed by atoms with van der Waals surface area (Å²) >= 11 is 5.22. The van der Waals surface area contributed by atoms with Gasteiger partial charge in [-0.1, -0.05) is 0 Å². The zero-order valence-corrected chi connectivity index (χ0v) is 14.0. The van der Waals surface area contributed by atoms with Crippen LogP contribution in [0.25, 0.3) is 0 Å². The highest BCUT2D eigenvalue weighted by Gasteiger charge is 2.02. The van der Waals surface area contributed by atoms with E-state index in [0.29, 0.717) is 11.7 Å². The van der Waals surface area contributed by atoms with Gasteiger partial charge < -0.3 is 20.3 Å². The minimum absolute atomic E-state index is 0.268. The maximum absolute atomic E-state index is 12.8. The summed E-state index contributed by atoms with van der Waals surface area (Å²) in [6.45, 7) is 1.48. The zero-order chi connectivity index (χ0) is 16.7. The number of ether oxygens (including phenoxy) is 1. The average Bonchev–Trinajstić information content (AvgIpc) is 2.57. The van der Waals surface area contributed by atoms with E-state index < -0.39 is 0 Å². The molecule has 0 fully saturated rings. The predicted octanol–water partition coefficient (Wildman–Crippen LogP) is 3.26. The molecule has 0 bridgehead atoms. The Bertz CT molecular complexity index is 631. The van der Waals surface area contributed by atoms with Gasteiger partial charge in [0.15, 0.2) is 5.11 Å². The summed E-state index contributed by atoms with van der Waals surface area (Å²) in [4.78, 5) is 2.12. The zero-order valence-electron chi connectivity index (χ0n) is 13.2. The number of anilines is 2. The van der Waals surface area contributed by atoms with Gasteiger partial charge in [-0.2, -0.15) is 0 Å². The number of halogens is 1. The summed E-state index contributed by atoms with van der Waals surface area (Å²) in [5.74, 6) is 0.570. The van der Waals surface area contributed by atoms with Crippen molar-refractivity contribution in [2.45, 2.75) is 0 Å². The molecule has 0 heterocycles. The molecule has 6 heteroatoms. The van der Waals surface area contributed by atoms with Gasteiger partial charge in [0.2, 0.25) is 0 Å². The molecule has 0 saturated carbocycles. The highest BCUT2D eigenvalue weighted by atomic mass is 32.1. The van der Waals surface area contributed by atoms with Gasteiger partial charge in [-0.3, -0.25) is 0 Å². The molecule has 0 aliphatic carbocycles. The van der Waals surface area contributed by atoms with Crippen LogP contribution < -0.4 is 20.3 Å². The number of thiocarbonyl (C=S) groups is 1. The molecule has 0 radical (unpaired) electrons. The molecule has 0 aromatic heterocycles. The third-order valence-electron chi connectivity index (χ3n) is 3.35. The number of methoxy groups -OCH3 is 1. The SMILES string of the molecule is COc1ccc(N(C)CCNC(=S)Nc2ccc(F)cc2)cc1. The molecular weight excluding hydrogens is 313 g/mol.